The van der Waals surface area contributed by atoms with Crippen molar-refractivity contribution in [1.82, 2.24) is 5.32 Å². The largest absolute Gasteiger partial charge is 0.444 e. The highest BCUT2D eigenvalue weighted by molar-refractivity contribution is 7.92. The van der Waals surface area contributed by atoms with Crippen molar-refractivity contribution in [2.75, 3.05) is 6.61 Å². The number of nitrogens with one attached hydrogen (secondary N) is 1. The molecule has 1 unspecified atom stereocenters. The van der Waals surface area contributed by atoms with Crippen LogP contribution in [0.2, 0.25) is 0 Å². The second kappa shape index (κ2) is 9.89. The molecule has 2 rings (SSSR count). The zero-order chi connectivity index (χ0) is 21.5. The molecule has 0 saturated carbocycles. The highest BCUT2D eigenvalue weighted by Crippen LogP contribution is 2.19. The number of ether oxygens (including phenoxy) is 2. The number of rotatable bonds is 8. The first-order chi connectivity index (χ1) is 13.6. The lowest BCUT2D eigenvalue weighted by Gasteiger charge is -2.24. The first-order valence-electron chi connectivity index (χ1n) is 9.50. The van der Waals surface area contributed by atoms with E-state index in [2.05, 4.69) is 5.32 Å². The van der Waals surface area contributed by atoms with E-state index < -0.39 is 26.9 Å². The minimum atomic E-state index is -3.81. The number of carbonyl (C=O) groups is 1. The van der Waals surface area contributed by atoms with Crippen LogP contribution in [0, 0.1) is 6.92 Å². The molecular formula is C22H29NO5S. The molecule has 0 saturated heterocycles. The zero-order valence-electron chi connectivity index (χ0n) is 17.3. The maximum Gasteiger partial charge on any atom is 0.408 e. The number of carbonyl (C=O) groups excluding carboxylic acids is 1. The van der Waals surface area contributed by atoms with Crippen molar-refractivity contribution in [3.8, 4) is 0 Å². The van der Waals surface area contributed by atoms with E-state index in [0.29, 0.717) is 6.61 Å². The van der Waals surface area contributed by atoms with Crippen molar-refractivity contribution in [3.63, 3.8) is 0 Å². The van der Waals surface area contributed by atoms with Crippen molar-refractivity contribution in [2.24, 2.45) is 0 Å². The van der Waals surface area contributed by atoms with Gasteiger partial charge in [0.25, 0.3) is 0 Å². The molecule has 2 aromatic carbocycles. The fourth-order valence-electron chi connectivity index (χ4n) is 2.59. The lowest BCUT2D eigenvalue weighted by Crippen LogP contribution is -2.44. The van der Waals surface area contributed by atoms with Gasteiger partial charge in [-0.15, -0.1) is 0 Å². The highest BCUT2D eigenvalue weighted by Gasteiger charge is 2.30. The van der Waals surface area contributed by atoms with E-state index in [0.717, 1.165) is 11.1 Å². The SMILES string of the molecule is Cc1ccc(S(=O)(=O)C(CCOCc2ccccc2)NC(=O)OC(C)(C)C)cc1. The molecule has 29 heavy (non-hydrogen) atoms. The van der Waals surface area contributed by atoms with Crippen LogP contribution in [0.25, 0.3) is 0 Å². The molecular weight excluding hydrogens is 390 g/mol. The summed E-state index contributed by atoms with van der Waals surface area (Å²) in [5, 5.41) is 1.34. The van der Waals surface area contributed by atoms with Crippen LogP contribution in [0.5, 0.6) is 0 Å². The lowest BCUT2D eigenvalue weighted by molar-refractivity contribution is 0.0506. The second-order valence-corrected chi connectivity index (χ2v) is 9.95. The molecule has 0 aromatic heterocycles. The Morgan fingerprint density at radius 1 is 1.03 bits per heavy atom. The molecule has 0 spiro atoms. The Kier molecular flexibility index (Phi) is 7.81. The molecule has 0 aliphatic heterocycles. The maximum atomic E-state index is 13.1. The summed E-state index contributed by atoms with van der Waals surface area (Å²) in [6.07, 6.45) is -0.677. The third kappa shape index (κ3) is 7.51. The van der Waals surface area contributed by atoms with Gasteiger partial charge in [0.2, 0.25) is 0 Å². The summed E-state index contributed by atoms with van der Waals surface area (Å²) in [4.78, 5) is 12.4. The van der Waals surface area contributed by atoms with Gasteiger partial charge in [-0.3, -0.25) is 0 Å². The van der Waals surface area contributed by atoms with Crippen molar-refractivity contribution < 1.29 is 22.7 Å². The van der Waals surface area contributed by atoms with Gasteiger partial charge in [0.05, 0.1) is 18.1 Å². The van der Waals surface area contributed by atoms with E-state index in [1.807, 2.05) is 37.3 Å². The number of aryl methyl sites for hydroxylation is 1. The van der Waals surface area contributed by atoms with Crippen molar-refractivity contribution >= 4 is 15.9 Å². The topological polar surface area (TPSA) is 81.7 Å². The summed E-state index contributed by atoms with van der Waals surface area (Å²) in [6.45, 7) is 7.58. The predicted octanol–water partition coefficient (Wildman–Crippen LogP) is 4.23. The van der Waals surface area contributed by atoms with E-state index >= 15 is 0 Å². The standard InChI is InChI=1S/C22H29NO5S/c1-17-10-12-19(13-11-17)29(25,26)20(23-21(24)28-22(2,3)4)14-15-27-16-18-8-6-5-7-9-18/h5-13,20H,14-16H2,1-4H3,(H,23,24). The van der Waals surface area contributed by atoms with Gasteiger partial charge in [-0.1, -0.05) is 48.0 Å². The fraction of sp³-hybridized carbons (Fsp3) is 0.409. The number of benzene rings is 2. The average molecular weight is 420 g/mol. The summed E-state index contributed by atoms with van der Waals surface area (Å²) in [7, 11) is -3.81. The van der Waals surface area contributed by atoms with Crippen LogP contribution in [0.15, 0.2) is 59.5 Å². The summed E-state index contributed by atoms with van der Waals surface area (Å²) < 4.78 is 37.0. The maximum absolute atomic E-state index is 13.1. The Labute approximate surface area is 173 Å². The van der Waals surface area contributed by atoms with E-state index in [1.165, 1.54) is 0 Å². The second-order valence-electron chi connectivity index (χ2n) is 7.82. The van der Waals surface area contributed by atoms with Crippen LogP contribution in [-0.2, 0) is 25.9 Å². The van der Waals surface area contributed by atoms with E-state index in [4.69, 9.17) is 9.47 Å². The number of amides is 1. The lowest BCUT2D eigenvalue weighted by atomic mass is 10.2. The first kappa shape index (κ1) is 22.9. The van der Waals surface area contributed by atoms with Crippen LogP contribution in [0.4, 0.5) is 4.79 Å². The molecule has 0 fully saturated rings. The molecule has 1 N–H and O–H groups in total. The Morgan fingerprint density at radius 3 is 2.24 bits per heavy atom. The number of hydrogen-bond acceptors (Lipinski definition) is 5. The first-order valence-corrected chi connectivity index (χ1v) is 11.0. The van der Waals surface area contributed by atoms with Crippen molar-refractivity contribution in [1.29, 1.82) is 0 Å². The Morgan fingerprint density at radius 2 is 1.66 bits per heavy atom. The van der Waals surface area contributed by atoms with Crippen LogP contribution < -0.4 is 5.32 Å². The Bertz CT molecular complexity index is 887. The molecule has 1 atom stereocenters. The molecule has 2 aromatic rings. The molecule has 7 heteroatoms. The van der Waals surface area contributed by atoms with E-state index in [9.17, 15) is 13.2 Å². The van der Waals surface area contributed by atoms with Gasteiger partial charge in [-0.05, 0) is 45.4 Å². The van der Waals surface area contributed by atoms with Gasteiger partial charge >= 0.3 is 6.09 Å². The molecule has 1 amide bonds. The van der Waals surface area contributed by atoms with Crippen LogP contribution in [0.1, 0.15) is 38.3 Å². The number of sulfone groups is 1. The van der Waals surface area contributed by atoms with E-state index in [-0.39, 0.29) is 17.9 Å². The minimum Gasteiger partial charge on any atom is -0.444 e. The summed E-state index contributed by atoms with van der Waals surface area (Å²) in [5.74, 6) is 0. The molecule has 0 radical (unpaired) electrons. The van der Waals surface area contributed by atoms with E-state index in [1.54, 1.807) is 45.0 Å². The quantitative estimate of drug-likeness (QED) is 0.648. The molecule has 0 aliphatic carbocycles. The van der Waals surface area contributed by atoms with Crippen LogP contribution >= 0.6 is 0 Å². The minimum absolute atomic E-state index is 0.0995. The van der Waals surface area contributed by atoms with Gasteiger partial charge in [0, 0.05) is 6.42 Å². The summed E-state index contributed by atoms with van der Waals surface area (Å²) in [6, 6.07) is 16.1. The molecule has 0 heterocycles. The molecule has 0 aliphatic rings. The van der Waals surface area contributed by atoms with Crippen LogP contribution in [-0.4, -0.2) is 32.1 Å². The Balaban J connectivity index is 2.09. The molecule has 6 nitrogen and oxygen atoms in total. The van der Waals surface area contributed by atoms with Crippen molar-refractivity contribution in [2.45, 2.75) is 56.6 Å². The third-order valence-corrected chi connectivity index (χ3v) is 6.07. The van der Waals surface area contributed by atoms with Gasteiger partial charge < -0.3 is 14.8 Å². The predicted molar refractivity (Wildman–Crippen MR) is 112 cm³/mol. The summed E-state index contributed by atoms with van der Waals surface area (Å²) >= 11 is 0. The third-order valence-electron chi connectivity index (χ3n) is 4.04. The number of alkyl carbamates (subject to hydrolysis) is 1. The van der Waals surface area contributed by atoms with Gasteiger partial charge in [-0.25, -0.2) is 13.2 Å². The fourth-order valence-corrected chi connectivity index (χ4v) is 4.09. The van der Waals surface area contributed by atoms with Gasteiger partial charge in [-0.2, -0.15) is 0 Å². The molecule has 158 valence electrons. The average Bonchev–Trinajstić information content (AvgIpc) is 2.64. The summed E-state index contributed by atoms with van der Waals surface area (Å²) in [5.41, 5.74) is 1.21. The van der Waals surface area contributed by atoms with Gasteiger partial charge in [0.1, 0.15) is 11.0 Å². The molecule has 0 bridgehead atoms. The number of hydrogen-bond donors (Lipinski definition) is 1. The smallest absolute Gasteiger partial charge is 0.408 e. The van der Waals surface area contributed by atoms with Crippen LogP contribution in [0.3, 0.4) is 0 Å². The van der Waals surface area contributed by atoms with Crippen molar-refractivity contribution in [3.05, 3.63) is 65.7 Å². The zero-order valence-corrected chi connectivity index (χ0v) is 18.2. The van der Waals surface area contributed by atoms with Gasteiger partial charge in [0.15, 0.2) is 9.84 Å². The monoisotopic (exact) mass is 419 g/mol. The normalized spacial score (nSPS) is 13.0. The highest BCUT2D eigenvalue weighted by atomic mass is 32.2. The Hall–Kier alpha value is -2.38.